The molecule has 0 saturated carbocycles. The van der Waals surface area contributed by atoms with Crippen LogP contribution in [0, 0.1) is 17.7 Å². The molecule has 2 unspecified atom stereocenters. The summed E-state index contributed by atoms with van der Waals surface area (Å²) < 4.78 is 13.0. The Bertz CT molecular complexity index is 454. The van der Waals surface area contributed by atoms with Crippen molar-refractivity contribution in [3.63, 3.8) is 0 Å². The third kappa shape index (κ3) is 4.60. The Kier molecular flexibility index (Phi) is 5.12. The topological polar surface area (TPSA) is 32.3 Å². The van der Waals surface area contributed by atoms with Gasteiger partial charge in [0.2, 0.25) is 5.91 Å². The maximum Gasteiger partial charge on any atom is 0.225 e. The lowest BCUT2D eigenvalue weighted by Crippen LogP contribution is -2.40. The fraction of sp³-hybridized carbons (Fsp3) is 0.562. The van der Waals surface area contributed by atoms with Crippen LogP contribution in [0.2, 0.25) is 0 Å². The summed E-state index contributed by atoms with van der Waals surface area (Å²) >= 11 is 0. The summed E-state index contributed by atoms with van der Waals surface area (Å²) in [6.45, 7) is 7.43. The number of anilines is 1. The summed E-state index contributed by atoms with van der Waals surface area (Å²) in [5.41, 5.74) is 0.524. The SMILES string of the molecule is CC1CC(C)CN(CCC(=O)Nc2cccc(F)c2)C1. The van der Waals surface area contributed by atoms with E-state index in [9.17, 15) is 9.18 Å². The van der Waals surface area contributed by atoms with Gasteiger partial charge in [-0.1, -0.05) is 19.9 Å². The number of benzene rings is 1. The van der Waals surface area contributed by atoms with Crippen molar-refractivity contribution in [2.24, 2.45) is 11.8 Å². The minimum atomic E-state index is -0.332. The van der Waals surface area contributed by atoms with E-state index in [0.29, 0.717) is 23.9 Å². The summed E-state index contributed by atoms with van der Waals surface area (Å²) in [6, 6.07) is 6.00. The van der Waals surface area contributed by atoms with E-state index in [-0.39, 0.29) is 11.7 Å². The number of nitrogens with one attached hydrogen (secondary N) is 1. The van der Waals surface area contributed by atoms with Gasteiger partial charge in [-0.3, -0.25) is 4.79 Å². The van der Waals surface area contributed by atoms with Gasteiger partial charge in [0.05, 0.1) is 0 Å². The minimum Gasteiger partial charge on any atom is -0.326 e. The molecule has 1 aromatic rings. The maximum atomic E-state index is 13.0. The van der Waals surface area contributed by atoms with E-state index in [2.05, 4.69) is 24.1 Å². The van der Waals surface area contributed by atoms with Crippen LogP contribution in [0.4, 0.5) is 10.1 Å². The van der Waals surface area contributed by atoms with Crippen molar-refractivity contribution in [1.29, 1.82) is 0 Å². The van der Waals surface area contributed by atoms with Crippen LogP contribution < -0.4 is 5.32 Å². The maximum absolute atomic E-state index is 13.0. The predicted octanol–water partition coefficient (Wildman–Crippen LogP) is 3.13. The van der Waals surface area contributed by atoms with Gasteiger partial charge in [0.1, 0.15) is 5.82 Å². The standard InChI is InChI=1S/C16H23FN2O/c1-12-8-13(2)11-19(10-12)7-6-16(20)18-15-5-3-4-14(17)9-15/h3-5,9,12-13H,6-8,10-11H2,1-2H3,(H,18,20). The molecule has 3 nitrogen and oxygen atoms in total. The van der Waals surface area contributed by atoms with Gasteiger partial charge >= 0.3 is 0 Å². The lowest BCUT2D eigenvalue weighted by Gasteiger charge is -2.34. The van der Waals surface area contributed by atoms with Crippen LogP contribution in [0.1, 0.15) is 26.7 Å². The molecular weight excluding hydrogens is 255 g/mol. The van der Waals surface area contributed by atoms with E-state index in [0.717, 1.165) is 19.6 Å². The van der Waals surface area contributed by atoms with Gasteiger partial charge in [-0.25, -0.2) is 4.39 Å². The van der Waals surface area contributed by atoms with Crippen molar-refractivity contribution in [1.82, 2.24) is 4.90 Å². The summed E-state index contributed by atoms with van der Waals surface area (Å²) in [5, 5.41) is 2.74. The number of carbonyl (C=O) groups excluding carboxylic acids is 1. The molecule has 2 rings (SSSR count). The first-order valence-corrected chi connectivity index (χ1v) is 7.30. The molecule has 1 fully saturated rings. The molecule has 0 bridgehead atoms. The summed E-state index contributed by atoms with van der Waals surface area (Å²) in [5.74, 6) is 1.01. The second-order valence-electron chi connectivity index (χ2n) is 6.01. The molecule has 1 aliphatic heterocycles. The number of rotatable bonds is 4. The zero-order valence-corrected chi connectivity index (χ0v) is 12.2. The Labute approximate surface area is 120 Å². The minimum absolute atomic E-state index is 0.0542. The highest BCUT2D eigenvalue weighted by Gasteiger charge is 2.21. The highest BCUT2D eigenvalue weighted by Crippen LogP contribution is 2.21. The fourth-order valence-electron chi connectivity index (χ4n) is 3.02. The average molecular weight is 278 g/mol. The number of hydrogen-bond acceptors (Lipinski definition) is 2. The van der Waals surface area contributed by atoms with E-state index in [1.807, 2.05) is 0 Å². The number of halogens is 1. The predicted molar refractivity (Wildman–Crippen MR) is 79.0 cm³/mol. The van der Waals surface area contributed by atoms with E-state index in [1.54, 1.807) is 12.1 Å². The lowest BCUT2D eigenvalue weighted by atomic mass is 9.92. The summed E-state index contributed by atoms with van der Waals surface area (Å²) in [6.07, 6.45) is 1.72. The van der Waals surface area contributed by atoms with Crippen LogP contribution in [0.5, 0.6) is 0 Å². The Morgan fingerprint density at radius 2 is 2.05 bits per heavy atom. The van der Waals surface area contributed by atoms with Crippen molar-refractivity contribution in [2.45, 2.75) is 26.7 Å². The first-order valence-electron chi connectivity index (χ1n) is 7.30. The Hall–Kier alpha value is -1.42. The molecule has 4 heteroatoms. The van der Waals surface area contributed by atoms with Crippen LogP contribution in [0.15, 0.2) is 24.3 Å². The third-order valence-electron chi connectivity index (χ3n) is 3.71. The van der Waals surface area contributed by atoms with E-state index < -0.39 is 0 Å². The molecule has 0 radical (unpaired) electrons. The Morgan fingerprint density at radius 3 is 2.70 bits per heavy atom. The normalized spacial score (nSPS) is 23.6. The highest BCUT2D eigenvalue weighted by atomic mass is 19.1. The molecule has 2 atom stereocenters. The van der Waals surface area contributed by atoms with Gasteiger partial charge in [-0.2, -0.15) is 0 Å². The van der Waals surface area contributed by atoms with Crippen LogP contribution >= 0.6 is 0 Å². The number of hydrogen-bond donors (Lipinski definition) is 1. The molecule has 1 aromatic carbocycles. The van der Waals surface area contributed by atoms with Crippen molar-refractivity contribution in [2.75, 3.05) is 25.0 Å². The first-order chi connectivity index (χ1) is 9.52. The fourth-order valence-corrected chi connectivity index (χ4v) is 3.02. The molecule has 1 heterocycles. The number of amides is 1. The largest absolute Gasteiger partial charge is 0.326 e. The van der Waals surface area contributed by atoms with Crippen LogP contribution in [0.25, 0.3) is 0 Å². The summed E-state index contributed by atoms with van der Waals surface area (Å²) in [7, 11) is 0. The Morgan fingerprint density at radius 1 is 1.35 bits per heavy atom. The second-order valence-corrected chi connectivity index (χ2v) is 6.01. The molecule has 1 amide bonds. The average Bonchev–Trinajstić information content (AvgIpc) is 2.35. The van der Waals surface area contributed by atoms with Gasteiger partial charge < -0.3 is 10.2 Å². The zero-order valence-electron chi connectivity index (χ0n) is 12.2. The van der Waals surface area contributed by atoms with E-state index in [1.165, 1.54) is 18.6 Å². The lowest BCUT2D eigenvalue weighted by molar-refractivity contribution is -0.116. The number of carbonyl (C=O) groups is 1. The molecule has 0 aromatic heterocycles. The van der Waals surface area contributed by atoms with Gasteiger partial charge in [0.25, 0.3) is 0 Å². The van der Waals surface area contributed by atoms with Gasteiger partial charge in [-0.05, 0) is 36.5 Å². The number of likely N-dealkylation sites (tertiary alicyclic amines) is 1. The third-order valence-corrected chi connectivity index (χ3v) is 3.71. The van der Waals surface area contributed by atoms with Crippen molar-refractivity contribution in [3.05, 3.63) is 30.1 Å². The molecule has 110 valence electrons. The molecule has 1 aliphatic rings. The molecule has 1 N–H and O–H groups in total. The zero-order chi connectivity index (χ0) is 14.5. The molecule has 0 spiro atoms. The van der Waals surface area contributed by atoms with Gasteiger partial charge in [-0.15, -0.1) is 0 Å². The molecule has 20 heavy (non-hydrogen) atoms. The van der Waals surface area contributed by atoms with Crippen molar-refractivity contribution < 1.29 is 9.18 Å². The second kappa shape index (κ2) is 6.84. The van der Waals surface area contributed by atoms with Gasteiger partial charge in [0.15, 0.2) is 0 Å². The van der Waals surface area contributed by atoms with E-state index in [4.69, 9.17) is 0 Å². The Balaban J connectivity index is 1.77. The van der Waals surface area contributed by atoms with Crippen molar-refractivity contribution in [3.8, 4) is 0 Å². The monoisotopic (exact) mass is 278 g/mol. The first kappa shape index (κ1) is 15.0. The summed E-state index contributed by atoms with van der Waals surface area (Å²) in [4.78, 5) is 14.2. The molecule has 1 saturated heterocycles. The molecular formula is C16H23FN2O. The number of nitrogens with zero attached hydrogens (tertiary/aromatic N) is 1. The number of piperidine rings is 1. The molecule has 0 aliphatic carbocycles. The quantitative estimate of drug-likeness (QED) is 0.917. The van der Waals surface area contributed by atoms with Gasteiger partial charge in [0, 0.05) is 31.7 Å². The smallest absolute Gasteiger partial charge is 0.225 e. The van der Waals surface area contributed by atoms with Crippen LogP contribution in [0.3, 0.4) is 0 Å². The van der Waals surface area contributed by atoms with Crippen molar-refractivity contribution >= 4 is 11.6 Å². The highest BCUT2D eigenvalue weighted by molar-refractivity contribution is 5.90. The van der Waals surface area contributed by atoms with E-state index >= 15 is 0 Å². The van der Waals surface area contributed by atoms with Crippen LogP contribution in [-0.4, -0.2) is 30.4 Å². The van der Waals surface area contributed by atoms with Crippen LogP contribution in [-0.2, 0) is 4.79 Å².